The van der Waals surface area contributed by atoms with Crippen LogP contribution in [0.25, 0.3) is 0 Å². The molecule has 0 aromatic rings. The predicted octanol–water partition coefficient (Wildman–Crippen LogP) is 6.21. The quantitative estimate of drug-likeness (QED) is 0.305. The summed E-state index contributed by atoms with van der Waals surface area (Å²) in [7, 11) is 0. The molecule has 0 aliphatic rings. The highest BCUT2D eigenvalue weighted by Gasteiger charge is 2.44. The maximum absolute atomic E-state index is 13.2. The Labute approximate surface area is 134 Å². The molecule has 0 amide bonds. The van der Waals surface area contributed by atoms with E-state index in [1.165, 1.54) is 45.4 Å². The van der Waals surface area contributed by atoms with Crippen LogP contribution in [0, 0.1) is 5.92 Å². The lowest BCUT2D eigenvalue weighted by Gasteiger charge is -2.18. The summed E-state index contributed by atoms with van der Waals surface area (Å²) in [5.74, 6) is -6.72. The molecule has 0 fully saturated rings. The Bertz CT molecular complexity index is 314. The Hall–Kier alpha value is -0.930. The molecule has 0 aliphatic carbocycles. The molecule has 0 spiro atoms. The SMILES string of the molecule is CCCCCCCC/C=C/CCCCC(C)C(F)(F)C(=O)O. The fraction of sp³-hybridized carbons (Fsp3) is 0.833. The van der Waals surface area contributed by atoms with Crippen LogP contribution in [0.2, 0.25) is 0 Å². The molecule has 4 heteroatoms. The van der Waals surface area contributed by atoms with Crippen LogP contribution in [-0.2, 0) is 4.79 Å². The Morgan fingerprint density at radius 3 is 2.05 bits per heavy atom. The van der Waals surface area contributed by atoms with E-state index < -0.39 is 17.8 Å². The minimum atomic E-state index is -3.60. The number of carboxylic acids is 1. The summed E-state index contributed by atoms with van der Waals surface area (Å²) >= 11 is 0. The van der Waals surface area contributed by atoms with Gasteiger partial charge in [0.05, 0.1) is 0 Å². The summed E-state index contributed by atoms with van der Waals surface area (Å²) in [6.45, 7) is 3.52. The normalized spacial score (nSPS) is 13.6. The zero-order valence-electron chi connectivity index (χ0n) is 14.1. The molecule has 22 heavy (non-hydrogen) atoms. The van der Waals surface area contributed by atoms with Gasteiger partial charge in [0.25, 0.3) is 0 Å². The largest absolute Gasteiger partial charge is 0.477 e. The Balaban J connectivity index is 3.49. The first-order valence-corrected chi connectivity index (χ1v) is 8.69. The monoisotopic (exact) mass is 318 g/mol. The molecule has 1 N–H and O–H groups in total. The minimum Gasteiger partial charge on any atom is -0.477 e. The van der Waals surface area contributed by atoms with Crippen LogP contribution in [0.5, 0.6) is 0 Å². The molecule has 0 heterocycles. The lowest BCUT2D eigenvalue weighted by molar-refractivity contribution is -0.172. The number of carbonyl (C=O) groups is 1. The van der Waals surface area contributed by atoms with Crippen LogP contribution in [0.4, 0.5) is 8.78 Å². The highest BCUT2D eigenvalue weighted by molar-refractivity contribution is 5.75. The number of unbranched alkanes of at least 4 members (excludes halogenated alkanes) is 8. The minimum absolute atomic E-state index is 0.255. The Morgan fingerprint density at radius 2 is 1.50 bits per heavy atom. The molecule has 130 valence electrons. The molecule has 0 saturated carbocycles. The second-order valence-electron chi connectivity index (χ2n) is 6.14. The number of rotatable bonds is 14. The zero-order chi connectivity index (χ0) is 16.8. The number of hydrogen-bond donors (Lipinski definition) is 1. The molecule has 0 saturated heterocycles. The van der Waals surface area contributed by atoms with Crippen LogP contribution >= 0.6 is 0 Å². The van der Waals surface area contributed by atoms with E-state index in [9.17, 15) is 13.6 Å². The highest BCUT2D eigenvalue weighted by atomic mass is 19.3. The van der Waals surface area contributed by atoms with Crippen molar-refractivity contribution in [2.75, 3.05) is 0 Å². The van der Waals surface area contributed by atoms with E-state index in [1.807, 2.05) is 0 Å². The van der Waals surface area contributed by atoms with Gasteiger partial charge in [-0.1, -0.05) is 64.5 Å². The number of aliphatic carboxylic acids is 1. The molecule has 1 atom stereocenters. The van der Waals surface area contributed by atoms with E-state index in [2.05, 4.69) is 19.1 Å². The maximum atomic E-state index is 13.2. The van der Waals surface area contributed by atoms with Gasteiger partial charge >= 0.3 is 11.9 Å². The first kappa shape index (κ1) is 21.1. The third kappa shape index (κ3) is 9.91. The first-order valence-electron chi connectivity index (χ1n) is 8.69. The van der Waals surface area contributed by atoms with E-state index in [-0.39, 0.29) is 6.42 Å². The van der Waals surface area contributed by atoms with Gasteiger partial charge in [-0.25, -0.2) is 4.79 Å². The molecule has 0 aliphatic heterocycles. The fourth-order valence-corrected chi connectivity index (χ4v) is 2.38. The van der Waals surface area contributed by atoms with Gasteiger partial charge in [0.15, 0.2) is 0 Å². The van der Waals surface area contributed by atoms with Crippen molar-refractivity contribution in [1.29, 1.82) is 0 Å². The van der Waals surface area contributed by atoms with Gasteiger partial charge in [0.1, 0.15) is 0 Å². The van der Waals surface area contributed by atoms with Crippen molar-refractivity contribution in [3.05, 3.63) is 12.2 Å². The van der Waals surface area contributed by atoms with E-state index in [4.69, 9.17) is 5.11 Å². The second kappa shape index (κ2) is 12.6. The van der Waals surface area contributed by atoms with Gasteiger partial charge in [-0.15, -0.1) is 0 Å². The zero-order valence-corrected chi connectivity index (χ0v) is 14.1. The summed E-state index contributed by atoms with van der Waals surface area (Å²) in [5, 5.41) is 8.44. The first-order chi connectivity index (χ1) is 10.4. The molecule has 0 radical (unpaired) electrons. The fourth-order valence-electron chi connectivity index (χ4n) is 2.38. The van der Waals surface area contributed by atoms with E-state index in [0.717, 1.165) is 19.3 Å². The van der Waals surface area contributed by atoms with E-state index in [1.54, 1.807) is 0 Å². The number of carboxylic acid groups (broad SMARTS) is 1. The van der Waals surface area contributed by atoms with Gasteiger partial charge in [-0.05, 0) is 32.1 Å². The molecular formula is C18H32F2O2. The molecule has 1 unspecified atom stereocenters. The van der Waals surface area contributed by atoms with Crippen LogP contribution in [0.15, 0.2) is 12.2 Å². The van der Waals surface area contributed by atoms with Gasteiger partial charge < -0.3 is 5.11 Å². The highest BCUT2D eigenvalue weighted by Crippen LogP contribution is 2.28. The van der Waals surface area contributed by atoms with Crippen molar-refractivity contribution >= 4 is 5.97 Å². The molecule has 0 rings (SSSR count). The van der Waals surface area contributed by atoms with Gasteiger partial charge in [0, 0.05) is 5.92 Å². The average molecular weight is 318 g/mol. The van der Waals surface area contributed by atoms with Crippen LogP contribution in [0.1, 0.15) is 84.5 Å². The molecule has 2 nitrogen and oxygen atoms in total. The summed E-state index contributed by atoms with van der Waals surface area (Å²) in [6, 6.07) is 0. The second-order valence-corrected chi connectivity index (χ2v) is 6.14. The standard InChI is InChI=1S/C18H32F2O2/c1-3-4-5-6-7-8-9-10-11-12-13-14-15-16(2)18(19,20)17(21)22/h10-11,16H,3-9,12-15H2,1-2H3,(H,21,22)/b11-10+. The van der Waals surface area contributed by atoms with Crippen molar-refractivity contribution in [2.45, 2.75) is 90.4 Å². The van der Waals surface area contributed by atoms with E-state index in [0.29, 0.717) is 6.42 Å². The number of hydrogen-bond acceptors (Lipinski definition) is 1. The van der Waals surface area contributed by atoms with Crippen LogP contribution in [-0.4, -0.2) is 17.0 Å². The Morgan fingerprint density at radius 1 is 1.00 bits per heavy atom. The third-order valence-electron chi connectivity index (χ3n) is 4.05. The summed E-state index contributed by atoms with van der Waals surface area (Å²) in [4.78, 5) is 10.4. The summed E-state index contributed by atoms with van der Waals surface area (Å²) in [6.07, 6.45) is 15.8. The van der Waals surface area contributed by atoms with Crippen LogP contribution in [0.3, 0.4) is 0 Å². The lowest BCUT2D eigenvalue weighted by Crippen LogP contribution is -2.35. The molecule has 0 bridgehead atoms. The van der Waals surface area contributed by atoms with Crippen molar-refractivity contribution in [3.8, 4) is 0 Å². The van der Waals surface area contributed by atoms with Crippen molar-refractivity contribution < 1.29 is 18.7 Å². The number of halogens is 2. The topological polar surface area (TPSA) is 37.3 Å². The molecular weight excluding hydrogens is 286 g/mol. The van der Waals surface area contributed by atoms with Crippen molar-refractivity contribution in [1.82, 2.24) is 0 Å². The lowest BCUT2D eigenvalue weighted by atomic mass is 9.96. The van der Waals surface area contributed by atoms with Gasteiger partial charge in [-0.2, -0.15) is 8.78 Å². The van der Waals surface area contributed by atoms with Crippen molar-refractivity contribution in [3.63, 3.8) is 0 Å². The summed E-state index contributed by atoms with van der Waals surface area (Å²) in [5.41, 5.74) is 0. The molecule has 0 aromatic heterocycles. The van der Waals surface area contributed by atoms with Crippen LogP contribution < -0.4 is 0 Å². The number of alkyl halides is 2. The Kier molecular flexibility index (Phi) is 12.1. The van der Waals surface area contributed by atoms with Gasteiger partial charge in [-0.3, -0.25) is 0 Å². The van der Waals surface area contributed by atoms with Crippen molar-refractivity contribution in [2.24, 2.45) is 5.92 Å². The average Bonchev–Trinajstić information content (AvgIpc) is 2.47. The molecule has 0 aromatic carbocycles. The third-order valence-corrected chi connectivity index (χ3v) is 4.05. The number of allylic oxidation sites excluding steroid dienone is 2. The summed E-state index contributed by atoms with van der Waals surface area (Å²) < 4.78 is 26.3. The predicted molar refractivity (Wildman–Crippen MR) is 87.3 cm³/mol. The maximum Gasteiger partial charge on any atom is 0.374 e. The smallest absolute Gasteiger partial charge is 0.374 e. The van der Waals surface area contributed by atoms with E-state index >= 15 is 0 Å². The van der Waals surface area contributed by atoms with Gasteiger partial charge in [0.2, 0.25) is 0 Å².